The van der Waals surface area contributed by atoms with Gasteiger partial charge in [0.25, 0.3) is 15.9 Å². The number of hydrogen-bond donors (Lipinski definition) is 2. The molecule has 0 spiro atoms. The predicted octanol–water partition coefficient (Wildman–Crippen LogP) is 4.23. The highest BCUT2D eigenvalue weighted by atomic mass is 32.2. The van der Waals surface area contributed by atoms with Gasteiger partial charge in [0.05, 0.1) is 11.4 Å². The average molecular weight is 453 g/mol. The first-order valence-electron chi connectivity index (χ1n) is 11.0. The summed E-state index contributed by atoms with van der Waals surface area (Å²) in [5.41, 5.74) is 0.882. The van der Waals surface area contributed by atoms with E-state index in [0.717, 1.165) is 6.07 Å². The van der Waals surface area contributed by atoms with Crippen molar-refractivity contribution in [2.24, 2.45) is 0 Å². The van der Waals surface area contributed by atoms with Crippen LogP contribution in [0, 0.1) is 27.7 Å². The summed E-state index contributed by atoms with van der Waals surface area (Å²) in [6.07, 6.45) is 0. The molecule has 1 amide bonds. The second kappa shape index (κ2) is 8.04. The number of rotatable bonds is 6. The molecule has 0 saturated carbocycles. The van der Waals surface area contributed by atoms with Crippen molar-refractivity contribution in [2.45, 2.75) is 39.4 Å². The molecular weight excluding hydrogens is 426 g/mol. The number of aryl methyl sites for hydroxylation is 3. The van der Waals surface area contributed by atoms with Crippen LogP contribution in [0.1, 0.15) is 53.4 Å². The van der Waals surface area contributed by atoms with Crippen LogP contribution in [0.4, 0.5) is 11.6 Å². The van der Waals surface area contributed by atoms with E-state index in [2.05, 4.69) is 5.16 Å². The zero-order valence-corrected chi connectivity index (χ0v) is 18.1. The van der Waals surface area contributed by atoms with Crippen LogP contribution in [-0.4, -0.2) is 25.3 Å². The molecule has 2 aromatic heterocycles. The number of sulfonamides is 1. The molecule has 2 N–H and O–H groups in total. The summed E-state index contributed by atoms with van der Waals surface area (Å²) < 4.78 is 70.3. The summed E-state index contributed by atoms with van der Waals surface area (Å²) in [7, 11) is -4.63. The lowest BCUT2D eigenvalue weighted by Gasteiger charge is -2.14. The van der Waals surface area contributed by atoms with Crippen molar-refractivity contribution >= 4 is 44.6 Å². The molecule has 0 saturated heterocycles. The lowest BCUT2D eigenvalue weighted by atomic mass is 10.0. The first-order chi connectivity index (χ1) is 16.1. The smallest absolute Gasteiger partial charge is 0.267 e. The monoisotopic (exact) mass is 452 g/mol. The topological polar surface area (TPSA) is 118 Å². The Hall–Kier alpha value is -2.98. The van der Waals surface area contributed by atoms with E-state index < -0.39 is 38.3 Å². The Morgan fingerprint density at radius 1 is 1.23 bits per heavy atom. The Morgan fingerprint density at radius 2 is 1.97 bits per heavy atom. The van der Waals surface area contributed by atoms with Crippen molar-refractivity contribution in [1.29, 1.82) is 0 Å². The van der Waals surface area contributed by atoms with Gasteiger partial charge in [0, 0.05) is 15.2 Å². The van der Waals surface area contributed by atoms with Crippen LogP contribution in [0.2, 0.25) is 2.82 Å². The molecule has 3 aromatic rings. The molecule has 0 unspecified atom stereocenters. The van der Waals surface area contributed by atoms with E-state index in [0.29, 0.717) is 33.5 Å². The number of thiophene rings is 1. The Kier molecular flexibility index (Phi) is 4.23. The van der Waals surface area contributed by atoms with Gasteiger partial charge < -0.3 is 9.83 Å². The lowest BCUT2D eigenvalue weighted by molar-refractivity contribution is 0.101. The molecule has 1 aromatic carbocycles. The first-order valence-corrected chi connectivity index (χ1v) is 10.9. The van der Waals surface area contributed by atoms with E-state index in [4.69, 9.17) is 11.5 Å². The fourth-order valence-electron chi connectivity index (χ4n) is 2.74. The van der Waals surface area contributed by atoms with Gasteiger partial charge in [-0.1, -0.05) is 11.2 Å². The predicted molar refractivity (Wildman–Crippen MR) is 115 cm³/mol. The molecule has 30 heavy (non-hydrogen) atoms. The molecule has 0 aliphatic rings. The number of Topliss-reactive ketones (excluding diaryl/α,β-unsaturated/α-hetero) is 1. The normalized spacial score (nSPS) is 14.2. The molecule has 0 aliphatic heterocycles. The quantitative estimate of drug-likeness (QED) is 0.541. The third kappa shape index (κ3) is 4.14. The maximum atomic E-state index is 13.3. The minimum Gasteiger partial charge on any atom is -0.337 e. The van der Waals surface area contributed by atoms with Gasteiger partial charge in [0.15, 0.2) is 8.61 Å². The van der Waals surface area contributed by atoms with Crippen LogP contribution < -0.4 is 10.0 Å². The largest absolute Gasteiger partial charge is 0.337 e. The van der Waals surface area contributed by atoms with E-state index in [1.165, 1.54) is 25.3 Å². The van der Waals surface area contributed by atoms with Crippen molar-refractivity contribution in [3.8, 4) is 0 Å². The van der Waals surface area contributed by atoms with E-state index in [1.54, 1.807) is 19.9 Å². The second-order valence-corrected chi connectivity index (χ2v) is 9.09. The molecule has 158 valence electrons. The Labute approximate surface area is 185 Å². The van der Waals surface area contributed by atoms with E-state index in [1.807, 2.05) is 0 Å². The van der Waals surface area contributed by atoms with Crippen LogP contribution in [0.3, 0.4) is 0 Å². The zero-order chi connectivity index (χ0) is 26.5. The van der Waals surface area contributed by atoms with Crippen LogP contribution in [-0.2, 0) is 10.0 Å². The van der Waals surface area contributed by atoms with Gasteiger partial charge >= 0.3 is 0 Å². The molecule has 0 bridgehead atoms. The standard InChI is InChI=1S/C20H21N3O5S2/c1-10-8-11(2)17(15(9-10)14(5)24)21-19(25)18-16(6-7-29-18)30(26,27)23-20-12(3)13(4)22-28-20/h6-9,23H,1-5H3,(H,21,25)/i5D3/hD2. The molecule has 0 atom stereocenters. The van der Waals surface area contributed by atoms with E-state index in [-0.39, 0.29) is 27.4 Å². The maximum Gasteiger partial charge on any atom is 0.267 e. The van der Waals surface area contributed by atoms with Crippen molar-refractivity contribution in [3.63, 3.8) is 0 Å². The van der Waals surface area contributed by atoms with Crippen molar-refractivity contribution in [3.05, 3.63) is 56.4 Å². The Bertz CT molecular complexity index is 1430. The highest BCUT2D eigenvalue weighted by molar-refractivity contribution is 7.93. The summed E-state index contributed by atoms with van der Waals surface area (Å²) >= 11 is 0.716. The van der Waals surface area contributed by atoms with Gasteiger partial charge in [-0.2, -0.15) is 0 Å². The number of hydrogen-bond acceptors (Lipinski definition) is 7. The fourth-order valence-corrected chi connectivity index (χ4v) is 5.00. The highest BCUT2D eigenvalue weighted by Gasteiger charge is 2.27. The number of ketones is 1. The number of benzene rings is 1. The third-order valence-electron chi connectivity index (χ3n) is 4.34. The number of amides is 1. The highest BCUT2D eigenvalue weighted by Crippen LogP contribution is 2.29. The Morgan fingerprint density at radius 3 is 2.60 bits per heavy atom. The van der Waals surface area contributed by atoms with Crippen molar-refractivity contribution in [1.82, 2.24) is 5.16 Å². The number of anilines is 2. The van der Waals surface area contributed by atoms with Gasteiger partial charge in [-0.3, -0.25) is 9.59 Å². The van der Waals surface area contributed by atoms with Gasteiger partial charge in [-0.25, -0.2) is 13.1 Å². The van der Waals surface area contributed by atoms with Gasteiger partial charge in [-0.15, -0.1) is 11.3 Å². The summed E-state index contributed by atoms with van der Waals surface area (Å²) in [4.78, 5) is 24.9. The maximum absolute atomic E-state index is 13.3. The Balaban J connectivity index is 2.09. The van der Waals surface area contributed by atoms with Gasteiger partial charge in [0.1, 0.15) is 9.77 Å². The van der Waals surface area contributed by atoms with Crippen LogP contribution in [0.5, 0.6) is 0 Å². The molecule has 0 fully saturated rings. The number of nitrogens with zero attached hydrogens (tertiary/aromatic N) is 1. The SMILES string of the molecule is [2H]N(C(=O)c1sccc1S(=O)(=O)N([2H])c1onc(C)c1C)c1c(C)cc(C)cc1C(=O)C([2H])([2H])[2H]. The lowest BCUT2D eigenvalue weighted by Crippen LogP contribution is -2.20. The minimum absolute atomic E-state index is 0.107. The van der Waals surface area contributed by atoms with Crippen molar-refractivity contribution < 1.29 is 29.5 Å². The van der Waals surface area contributed by atoms with Gasteiger partial charge in [0.2, 0.25) is 5.88 Å². The van der Waals surface area contributed by atoms with Crippen molar-refractivity contribution in [2.75, 3.05) is 10.0 Å². The number of carbonyl (C=O) groups excluding carboxylic acids is 2. The summed E-state index contributed by atoms with van der Waals surface area (Å²) in [5.74, 6) is -2.73. The zero-order valence-electron chi connectivity index (χ0n) is 21.5. The summed E-state index contributed by atoms with van der Waals surface area (Å²) in [6, 6.07) is 3.93. The summed E-state index contributed by atoms with van der Waals surface area (Å²) in [6.45, 7) is 3.20. The number of nitrogens with one attached hydrogen (secondary N) is 2. The van der Waals surface area contributed by atoms with E-state index in [9.17, 15) is 18.0 Å². The number of aromatic nitrogens is 1. The molecule has 2 heterocycles. The molecule has 3 rings (SSSR count). The van der Waals surface area contributed by atoms with Crippen LogP contribution in [0.25, 0.3) is 0 Å². The minimum atomic E-state index is -4.63. The number of carbonyl (C=O) groups is 2. The fraction of sp³-hybridized carbons (Fsp3) is 0.250. The third-order valence-corrected chi connectivity index (χ3v) is 6.67. The van der Waals surface area contributed by atoms with Crippen LogP contribution in [0.15, 0.2) is 33.0 Å². The molecule has 0 aliphatic carbocycles. The molecule has 10 heteroatoms. The summed E-state index contributed by atoms with van der Waals surface area (Å²) in [5, 5.41) is 5.24. The van der Waals surface area contributed by atoms with Gasteiger partial charge in [-0.05, 0) is 63.2 Å². The molecule has 8 nitrogen and oxygen atoms in total. The second-order valence-electron chi connectivity index (χ2n) is 6.60. The molecular formula is C20H21N3O5S2. The van der Waals surface area contributed by atoms with E-state index >= 15 is 0 Å². The van der Waals surface area contributed by atoms with Crippen LogP contribution >= 0.6 is 11.3 Å². The average Bonchev–Trinajstić information content (AvgIpc) is 3.38. The molecule has 0 radical (unpaired) electrons. The first kappa shape index (κ1) is 15.8.